The van der Waals surface area contributed by atoms with Crippen LogP contribution in [-0.4, -0.2) is 56.5 Å². The van der Waals surface area contributed by atoms with E-state index in [2.05, 4.69) is 20.3 Å². The number of benzene rings is 1. The molecule has 0 saturated carbocycles. The Morgan fingerprint density at radius 1 is 1.25 bits per heavy atom. The number of ketones is 1. The number of carbonyl (C=O) groups is 2. The fraction of sp³-hybridized carbons (Fsp3) is 0.381. The molecule has 2 aromatic heterocycles. The quantitative estimate of drug-likeness (QED) is 0.667. The number of rotatable bonds is 5. The highest BCUT2D eigenvalue weighted by atomic mass is 16.1. The van der Waals surface area contributed by atoms with Gasteiger partial charge in [-0.1, -0.05) is 18.2 Å². The fourth-order valence-electron chi connectivity index (χ4n) is 3.90. The molecule has 1 saturated heterocycles. The number of nitrogens with zero attached hydrogens (tertiary/aromatic N) is 3. The van der Waals surface area contributed by atoms with E-state index in [1.54, 1.807) is 24.1 Å². The summed E-state index contributed by atoms with van der Waals surface area (Å²) in [6.45, 7) is 3.54. The smallest absolute Gasteiger partial charge is 0.254 e. The third kappa shape index (κ3) is 3.57. The van der Waals surface area contributed by atoms with Crippen molar-refractivity contribution in [3.63, 3.8) is 0 Å². The van der Waals surface area contributed by atoms with E-state index in [4.69, 9.17) is 0 Å². The van der Waals surface area contributed by atoms with Crippen LogP contribution in [0.5, 0.6) is 0 Å². The maximum atomic E-state index is 13.0. The van der Waals surface area contributed by atoms with Gasteiger partial charge in [-0.05, 0) is 25.8 Å². The van der Waals surface area contributed by atoms with Gasteiger partial charge >= 0.3 is 0 Å². The van der Waals surface area contributed by atoms with Gasteiger partial charge in [0.15, 0.2) is 5.78 Å². The molecule has 7 heteroatoms. The van der Waals surface area contributed by atoms with Gasteiger partial charge in [0.05, 0.1) is 17.8 Å². The number of para-hydroxylation sites is 1. The third-order valence-corrected chi connectivity index (χ3v) is 5.61. The van der Waals surface area contributed by atoms with Gasteiger partial charge in [-0.25, -0.2) is 0 Å². The average Bonchev–Trinajstić information content (AvgIpc) is 3.34. The second-order valence-electron chi connectivity index (χ2n) is 7.47. The Balaban J connectivity index is 1.35. The first-order valence-corrected chi connectivity index (χ1v) is 9.67. The number of H-pyrrole nitrogens is 1. The molecule has 3 heterocycles. The van der Waals surface area contributed by atoms with Crippen molar-refractivity contribution in [3.05, 3.63) is 54.0 Å². The van der Waals surface area contributed by atoms with Crippen molar-refractivity contribution in [3.8, 4) is 0 Å². The van der Waals surface area contributed by atoms with E-state index >= 15 is 0 Å². The van der Waals surface area contributed by atoms with Crippen LogP contribution in [-0.2, 0) is 7.05 Å². The molecule has 146 valence electrons. The number of amides is 1. The highest BCUT2D eigenvalue weighted by Gasteiger charge is 2.29. The number of carbonyl (C=O) groups excluding carboxylic acids is 2. The second kappa shape index (κ2) is 7.59. The molecule has 0 bridgehead atoms. The molecule has 7 nitrogen and oxygen atoms in total. The molecule has 1 amide bonds. The van der Waals surface area contributed by atoms with Crippen molar-refractivity contribution < 1.29 is 9.59 Å². The van der Waals surface area contributed by atoms with Gasteiger partial charge in [-0.15, -0.1) is 0 Å². The Labute approximate surface area is 163 Å². The molecule has 3 aromatic rings. The summed E-state index contributed by atoms with van der Waals surface area (Å²) < 4.78 is 1.62. The number of aromatic amines is 1. The molecule has 0 radical (unpaired) electrons. The minimum atomic E-state index is -0.186. The van der Waals surface area contributed by atoms with Gasteiger partial charge in [0.25, 0.3) is 5.91 Å². The summed E-state index contributed by atoms with van der Waals surface area (Å²) >= 11 is 0. The van der Waals surface area contributed by atoms with Gasteiger partial charge in [0, 0.05) is 55.0 Å². The van der Waals surface area contributed by atoms with Crippen LogP contribution in [0.15, 0.2) is 42.9 Å². The van der Waals surface area contributed by atoms with E-state index < -0.39 is 0 Å². The molecule has 1 atom stereocenters. The largest absolute Gasteiger partial charge is 0.360 e. The van der Waals surface area contributed by atoms with E-state index in [0.717, 1.165) is 42.4 Å². The van der Waals surface area contributed by atoms with E-state index in [1.807, 2.05) is 37.4 Å². The van der Waals surface area contributed by atoms with Crippen LogP contribution < -0.4 is 5.32 Å². The molecule has 4 rings (SSSR count). The van der Waals surface area contributed by atoms with Gasteiger partial charge in [0.2, 0.25) is 0 Å². The molecule has 1 aliphatic rings. The lowest BCUT2D eigenvalue weighted by atomic mass is 9.99. The monoisotopic (exact) mass is 379 g/mol. The molecule has 0 spiro atoms. The fourth-order valence-corrected chi connectivity index (χ4v) is 3.90. The molecule has 2 N–H and O–H groups in total. The number of fused-ring (bicyclic) bond motifs is 1. The Morgan fingerprint density at radius 3 is 2.71 bits per heavy atom. The number of Topliss-reactive ketones (excluding diaryl/α,β-unsaturated/α-hetero) is 1. The molecule has 0 aliphatic carbocycles. The van der Waals surface area contributed by atoms with Gasteiger partial charge in [0.1, 0.15) is 0 Å². The summed E-state index contributed by atoms with van der Waals surface area (Å²) in [6.07, 6.45) is 6.76. The Morgan fingerprint density at radius 2 is 2.00 bits per heavy atom. The van der Waals surface area contributed by atoms with E-state index in [9.17, 15) is 9.59 Å². The maximum absolute atomic E-state index is 13.0. The number of nitrogens with one attached hydrogen (secondary N) is 2. The first-order valence-electron chi connectivity index (χ1n) is 9.67. The Bertz CT molecular complexity index is 997. The zero-order chi connectivity index (χ0) is 19.7. The first kappa shape index (κ1) is 18.4. The van der Waals surface area contributed by atoms with Crippen LogP contribution in [0.2, 0.25) is 0 Å². The highest BCUT2D eigenvalue weighted by Crippen LogP contribution is 2.22. The minimum Gasteiger partial charge on any atom is -0.360 e. The van der Waals surface area contributed by atoms with Gasteiger partial charge in [-0.3, -0.25) is 19.2 Å². The summed E-state index contributed by atoms with van der Waals surface area (Å²) in [5.41, 5.74) is 2.30. The van der Waals surface area contributed by atoms with Crippen LogP contribution in [0.4, 0.5) is 0 Å². The van der Waals surface area contributed by atoms with E-state index in [-0.39, 0.29) is 23.8 Å². The number of hydrogen-bond donors (Lipinski definition) is 2. The Kier molecular flexibility index (Phi) is 5.00. The van der Waals surface area contributed by atoms with E-state index in [1.165, 1.54) is 0 Å². The molecular weight excluding hydrogens is 354 g/mol. The molecule has 1 aliphatic heterocycles. The molecule has 0 unspecified atom stereocenters. The lowest BCUT2D eigenvalue weighted by Crippen LogP contribution is -2.49. The summed E-state index contributed by atoms with van der Waals surface area (Å²) in [7, 11) is 1.79. The molecule has 1 fully saturated rings. The summed E-state index contributed by atoms with van der Waals surface area (Å²) in [6, 6.07) is 7.81. The highest BCUT2D eigenvalue weighted by molar-refractivity contribution is 6.10. The minimum absolute atomic E-state index is 0.0885. The standard InChI is InChI=1S/C21H25N5O2/c1-14(20(27)18-12-22-19-6-4-3-5-17(18)19)26-9-7-16(8-10-26)24-21(28)15-11-23-25(2)13-15/h3-6,11-14,16,22H,7-10H2,1-2H3,(H,24,28)/t14-/m0/s1. The van der Waals surface area contributed by atoms with Gasteiger partial charge < -0.3 is 10.3 Å². The maximum Gasteiger partial charge on any atom is 0.254 e. The van der Waals surface area contributed by atoms with Crippen LogP contribution in [0.25, 0.3) is 10.9 Å². The number of aromatic nitrogens is 3. The number of piperidine rings is 1. The number of aryl methyl sites for hydroxylation is 1. The number of likely N-dealkylation sites (tertiary alicyclic amines) is 1. The Hall–Kier alpha value is -2.93. The van der Waals surface area contributed by atoms with Crippen LogP contribution in [0, 0.1) is 0 Å². The predicted octanol–water partition coefficient (Wildman–Crippen LogP) is 2.37. The lowest BCUT2D eigenvalue weighted by molar-refractivity contribution is 0.0763. The third-order valence-electron chi connectivity index (χ3n) is 5.61. The van der Waals surface area contributed by atoms with Crippen molar-refractivity contribution in [1.29, 1.82) is 0 Å². The van der Waals surface area contributed by atoms with Crippen LogP contribution >= 0.6 is 0 Å². The lowest BCUT2D eigenvalue weighted by Gasteiger charge is -2.35. The zero-order valence-electron chi connectivity index (χ0n) is 16.2. The zero-order valence-corrected chi connectivity index (χ0v) is 16.2. The molecule has 1 aromatic carbocycles. The van der Waals surface area contributed by atoms with Gasteiger partial charge in [-0.2, -0.15) is 5.10 Å². The topological polar surface area (TPSA) is 83.0 Å². The number of hydrogen-bond acceptors (Lipinski definition) is 4. The molecular formula is C21H25N5O2. The molecule has 28 heavy (non-hydrogen) atoms. The predicted molar refractivity (Wildman–Crippen MR) is 107 cm³/mol. The summed E-state index contributed by atoms with van der Waals surface area (Å²) in [5, 5.41) is 8.09. The first-order chi connectivity index (χ1) is 13.5. The normalized spacial score (nSPS) is 16.9. The van der Waals surface area contributed by atoms with Crippen molar-refractivity contribution in [2.24, 2.45) is 7.05 Å². The van der Waals surface area contributed by atoms with Crippen LogP contribution in [0.3, 0.4) is 0 Å². The van der Waals surface area contributed by atoms with Crippen molar-refractivity contribution >= 4 is 22.6 Å². The van der Waals surface area contributed by atoms with Crippen LogP contribution in [0.1, 0.15) is 40.5 Å². The second-order valence-corrected chi connectivity index (χ2v) is 7.47. The van der Waals surface area contributed by atoms with Crippen molar-refractivity contribution in [2.75, 3.05) is 13.1 Å². The SMILES string of the molecule is C[C@@H](C(=O)c1c[nH]c2ccccc12)N1CCC(NC(=O)c2cnn(C)c2)CC1. The van der Waals surface area contributed by atoms with Crippen molar-refractivity contribution in [1.82, 2.24) is 25.0 Å². The average molecular weight is 379 g/mol. The van der Waals surface area contributed by atoms with Crippen molar-refractivity contribution in [2.45, 2.75) is 31.8 Å². The summed E-state index contributed by atoms with van der Waals surface area (Å²) in [5.74, 6) is 0.0461. The summed E-state index contributed by atoms with van der Waals surface area (Å²) in [4.78, 5) is 30.7. The van der Waals surface area contributed by atoms with E-state index in [0.29, 0.717) is 5.56 Å².